The summed E-state index contributed by atoms with van der Waals surface area (Å²) in [6.07, 6.45) is -7.01. The Morgan fingerprint density at radius 3 is 1.48 bits per heavy atom. The summed E-state index contributed by atoms with van der Waals surface area (Å²) in [5, 5.41) is -0.995. The summed E-state index contributed by atoms with van der Waals surface area (Å²) in [6, 6.07) is 1.62. The van der Waals surface area contributed by atoms with E-state index in [1.165, 1.54) is 0 Å². The first-order valence-corrected chi connectivity index (χ1v) is 6.02. The van der Waals surface area contributed by atoms with Crippen molar-refractivity contribution in [1.29, 1.82) is 0 Å². The Morgan fingerprint density at radius 1 is 0.739 bits per heavy atom. The lowest BCUT2D eigenvalue weighted by Crippen LogP contribution is -2.63. The van der Waals surface area contributed by atoms with Crippen molar-refractivity contribution in [2.75, 3.05) is 0 Å². The summed E-state index contributed by atoms with van der Waals surface area (Å²) in [5.41, 5.74) is -1.36. The Kier molecular flexibility index (Phi) is 4.95. The van der Waals surface area contributed by atoms with E-state index in [4.69, 9.17) is 23.2 Å². The predicted octanol–water partition coefficient (Wildman–Crippen LogP) is 5.64. The van der Waals surface area contributed by atoms with E-state index in [2.05, 4.69) is 0 Å². The van der Waals surface area contributed by atoms with Crippen molar-refractivity contribution in [3.05, 3.63) is 33.8 Å². The number of carbonyl (C=O) groups excluding carboxylic acids is 1. The van der Waals surface area contributed by atoms with Crippen molar-refractivity contribution in [2.45, 2.75) is 23.9 Å². The van der Waals surface area contributed by atoms with E-state index in [0.717, 1.165) is 6.07 Å². The van der Waals surface area contributed by atoms with Gasteiger partial charge in [0.05, 0.1) is 0 Å². The standard InChI is InChI=1S/C11H3Cl2F9O/c12-5-1-4(2-6(13)3-5)7(23)8(14,15)9(16,17)10(18,19)11(20,21)22/h1-3H. The molecule has 0 aliphatic carbocycles. The van der Waals surface area contributed by atoms with Gasteiger partial charge in [-0.15, -0.1) is 0 Å². The maximum Gasteiger partial charge on any atom is 0.460 e. The van der Waals surface area contributed by atoms with Gasteiger partial charge in [0.2, 0.25) is 5.78 Å². The summed E-state index contributed by atoms with van der Waals surface area (Å²) in [6.45, 7) is 0. The van der Waals surface area contributed by atoms with Gasteiger partial charge in [0.15, 0.2) is 0 Å². The highest BCUT2D eigenvalue weighted by Gasteiger charge is 2.83. The van der Waals surface area contributed by atoms with Crippen molar-refractivity contribution in [3.8, 4) is 0 Å². The van der Waals surface area contributed by atoms with Crippen LogP contribution in [-0.4, -0.2) is 29.7 Å². The summed E-state index contributed by atoms with van der Waals surface area (Å²) in [7, 11) is 0. The Bertz CT molecular complexity index is 604. The number of rotatable bonds is 4. The molecule has 1 rings (SSSR count). The zero-order valence-electron chi connectivity index (χ0n) is 10.3. The van der Waals surface area contributed by atoms with Crippen LogP contribution in [0.1, 0.15) is 10.4 Å². The Morgan fingerprint density at radius 2 is 1.13 bits per heavy atom. The highest BCUT2D eigenvalue weighted by molar-refractivity contribution is 6.35. The fourth-order valence-electron chi connectivity index (χ4n) is 1.38. The molecule has 0 aliphatic rings. The van der Waals surface area contributed by atoms with Crippen LogP contribution in [0.2, 0.25) is 10.0 Å². The number of ketones is 1. The van der Waals surface area contributed by atoms with Crippen LogP contribution in [0.4, 0.5) is 39.5 Å². The molecule has 0 aromatic heterocycles. The van der Waals surface area contributed by atoms with E-state index < -0.39 is 45.3 Å². The number of alkyl halides is 9. The summed E-state index contributed by atoms with van der Waals surface area (Å²) in [4.78, 5) is 11.3. The van der Waals surface area contributed by atoms with Gasteiger partial charge in [-0.25, -0.2) is 0 Å². The number of carbonyl (C=O) groups is 1. The van der Waals surface area contributed by atoms with Gasteiger partial charge >= 0.3 is 23.9 Å². The average molecular weight is 393 g/mol. The molecule has 23 heavy (non-hydrogen) atoms. The molecule has 130 valence electrons. The van der Waals surface area contributed by atoms with Crippen molar-refractivity contribution < 1.29 is 44.3 Å². The molecule has 0 bridgehead atoms. The highest BCUT2D eigenvalue weighted by Crippen LogP contribution is 2.53. The van der Waals surface area contributed by atoms with Gasteiger partial charge in [0.1, 0.15) is 0 Å². The van der Waals surface area contributed by atoms with Gasteiger partial charge in [0, 0.05) is 15.6 Å². The molecule has 0 saturated heterocycles. The van der Waals surface area contributed by atoms with Crippen LogP contribution in [0.15, 0.2) is 18.2 Å². The lowest BCUT2D eigenvalue weighted by molar-refractivity contribution is -0.386. The average Bonchev–Trinajstić information content (AvgIpc) is 2.34. The molecule has 0 radical (unpaired) electrons. The van der Waals surface area contributed by atoms with Crippen LogP contribution >= 0.6 is 23.2 Å². The first-order chi connectivity index (χ1) is 10.1. The molecule has 0 spiro atoms. The molecular formula is C11H3Cl2F9O. The molecular weight excluding hydrogens is 390 g/mol. The van der Waals surface area contributed by atoms with Gasteiger partial charge in [-0.1, -0.05) is 23.2 Å². The third-order valence-electron chi connectivity index (χ3n) is 2.55. The van der Waals surface area contributed by atoms with E-state index >= 15 is 0 Å². The first-order valence-electron chi connectivity index (χ1n) is 5.26. The van der Waals surface area contributed by atoms with E-state index in [-0.39, 0.29) is 0 Å². The molecule has 12 heteroatoms. The maximum atomic E-state index is 13.4. The molecule has 1 aromatic rings. The lowest BCUT2D eigenvalue weighted by Gasteiger charge is -2.32. The van der Waals surface area contributed by atoms with Gasteiger partial charge in [0.25, 0.3) is 0 Å². The number of hydrogen-bond donors (Lipinski definition) is 0. The Balaban J connectivity index is 3.41. The Hall–Kier alpha value is -1.16. The van der Waals surface area contributed by atoms with Crippen LogP contribution in [0.25, 0.3) is 0 Å². The maximum absolute atomic E-state index is 13.4. The molecule has 1 nitrogen and oxygen atoms in total. The largest absolute Gasteiger partial charge is 0.460 e. The fraction of sp³-hybridized carbons (Fsp3) is 0.364. The van der Waals surface area contributed by atoms with Gasteiger partial charge in [-0.05, 0) is 18.2 Å². The van der Waals surface area contributed by atoms with Gasteiger partial charge < -0.3 is 0 Å². The normalized spacial score (nSPS) is 14.0. The second-order valence-electron chi connectivity index (χ2n) is 4.21. The zero-order chi connectivity index (χ0) is 18.4. The van der Waals surface area contributed by atoms with Crippen LogP contribution in [0, 0.1) is 0 Å². The smallest absolute Gasteiger partial charge is 0.287 e. The minimum atomic E-state index is -7.15. The Labute approximate surface area is 132 Å². The highest BCUT2D eigenvalue weighted by atomic mass is 35.5. The minimum Gasteiger partial charge on any atom is -0.287 e. The molecule has 0 aliphatic heterocycles. The van der Waals surface area contributed by atoms with Gasteiger partial charge in [-0.3, -0.25) is 4.79 Å². The lowest BCUT2D eigenvalue weighted by atomic mass is 9.96. The van der Waals surface area contributed by atoms with Crippen molar-refractivity contribution in [3.63, 3.8) is 0 Å². The minimum absolute atomic E-state index is 0.367. The van der Waals surface area contributed by atoms with Gasteiger partial charge in [-0.2, -0.15) is 39.5 Å². The molecule has 0 fully saturated rings. The third-order valence-corrected chi connectivity index (χ3v) is 2.99. The molecule has 0 saturated carbocycles. The molecule has 0 amide bonds. The molecule has 0 heterocycles. The van der Waals surface area contributed by atoms with E-state index in [1.54, 1.807) is 0 Å². The second kappa shape index (κ2) is 5.73. The SMILES string of the molecule is O=C(c1cc(Cl)cc(Cl)c1)C(F)(F)C(F)(F)C(F)(F)C(F)(F)F. The van der Waals surface area contributed by atoms with E-state index in [1.807, 2.05) is 0 Å². The number of benzene rings is 1. The van der Waals surface area contributed by atoms with Crippen LogP contribution in [0.3, 0.4) is 0 Å². The summed E-state index contributed by atoms with van der Waals surface area (Å²) >= 11 is 10.6. The van der Waals surface area contributed by atoms with E-state index in [0.29, 0.717) is 12.1 Å². The van der Waals surface area contributed by atoms with Crippen molar-refractivity contribution >= 4 is 29.0 Å². The quantitative estimate of drug-likeness (QED) is 0.478. The fourth-order valence-corrected chi connectivity index (χ4v) is 1.91. The first kappa shape index (κ1) is 19.9. The number of halogens is 11. The molecule has 0 unspecified atom stereocenters. The zero-order valence-corrected chi connectivity index (χ0v) is 11.8. The summed E-state index contributed by atoms with van der Waals surface area (Å²) in [5.74, 6) is -23.6. The van der Waals surface area contributed by atoms with Crippen molar-refractivity contribution in [1.82, 2.24) is 0 Å². The number of hydrogen-bond acceptors (Lipinski definition) is 1. The predicted molar refractivity (Wildman–Crippen MR) is 61.7 cm³/mol. The van der Waals surface area contributed by atoms with Crippen LogP contribution in [0.5, 0.6) is 0 Å². The number of Topliss-reactive ketones (excluding diaryl/α,β-unsaturated/α-hetero) is 1. The summed E-state index contributed by atoms with van der Waals surface area (Å²) < 4.78 is 114. The third kappa shape index (κ3) is 3.23. The topological polar surface area (TPSA) is 17.1 Å². The molecule has 0 N–H and O–H groups in total. The van der Waals surface area contributed by atoms with Crippen LogP contribution < -0.4 is 0 Å². The molecule has 0 atom stereocenters. The van der Waals surface area contributed by atoms with Crippen LogP contribution in [-0.2, 0) is 0 Å². The monoisotopic (exact) mass is 392 g/mol. The second-order valence-corrected chi connectivity index (χ2v) is 5.08. The van der Waals surface area contributed by atoms with E-state index in [9.17, 15) is 44.3 Å². The van der Waals surface area contributed by atoms with Crippen molar-refractivity contribution in [2.24, 2.45) is 0 Å². The molecule has 1 aromatic carbocycles.